The molecule has 0 aliphatic carbocycles. The summed E-state index contributed by atoms with van der Waals surface area (Å²) >= 11 is 8.16. The lowest BCUT2D eigenvalue weighted by Gasteiger charge is -2.32. The van der Waals surface area contributed by atoms with Crippen LogP contribution in [0.15, 0.2) is 65.9 Å². The summed E-state index contributed by atoms with van der Waals surface area (Å²) in [5, 5.41) is 6.41. The van der Waals surface area contributed by atoms with Gasteiger partial charge in [-0.1, -0.05) is 48.0 Å². The van der Waals surface area contributed by atoms with Crippen molar-refractivity contribution < 1.29 is 13.2 Å². The summed E-state index contributed by atoms with van der Waals surface area (Å²) in [6.07, 6.45) is 5.17. The number of nitrogens with one attached hydrogen (secondary N) is 1. The Morgan fingerprint density at radius 3 is 2.54 bits per heavy atom. The molecule has 5 aromatic rings. The maximum Gasteiger partial charge on any atom is 0.246 e. The van der Waals surface area contributed by atoms with Crippen molar-refractivity contribution in [3.05, 3.63) is 81.8 Å². The van der Waals surface area contributed by atoms with E-state index in [1.807, 2.05) is 42.6 Å². The van der Waals surface area contributed by atoms with Gasteiger partial charge >= 0.3 is 0 Å². The van der Waals surface area contributed by atoms with Gasteiger partial charge in [0.25, 0.3) is 0 Å². The summed E-state index contributed by atoms with van der Waals surface area (Å²) in [6, 6.07) is 18.3. The molecule has 0 bridgehead atoms. The number of hydrogen-bond acceptors (Lipinski definition) is 10. The molecule has 0 atom stereocenters. The van der Waals surface area contributed by atoms with E-state index in [0.29, 0.717) is 51.9 Å². The van der Waals surface area contributed by atoms with Crippen molar-refractivity contribution in [3.8, 4) is 0 Å². The third-order valence-corrected chi connectivity index (χ3v) is 11.2. The number of rotatable bonds is 9. The number of benzene rings is 2. The van der Waals surface area contributed by atoms with Crippen LogP contribution in [0.3, 0.4) is 0 Å². The molecule has 46 heavy (non-hydrogen) atoms. The molecule has 240 valence electrons. The van der Waals surface area contributed by atoms with Gasteiger partial charge in [0.2, 0.25) is 16.0 Å². The molecule has 2 fully saturated rings. The van der Waals surface area contributed by atoms with Gasteiger partial charge in [0, 0.05) is 84.9 Å². The lowest BCUT2D eigenvalue weighted by atomic mass is 10.2. The number of hydrogen-bond donors (Lipinski definition) is 1. The zero-order chi connectivity index (χ0) is 31.7. The number of nitrogens with zero attached hydrogens (tertiary/aromatic N) is 7. The Morgan fingerprint density at radius 1 is 1.00 bits per heavy atom. The van der Waals surface area contributed by atoms with Crippen LogP contribution in [-0.4, -0.2) is 97.1 Å². The number of sulfonamides is 1. The third kappa shape index (κ3) is 6.75. The normalized spacial score (nSPS) is 17.0. The van der Waals surface area contributed by atoms with Gasteiger partial charge in [-0.25, -0.2) is 18.8 Å². The molecule has 0 amide bonds. The molecule has 2 saturated heterocycles. The van der Waals surface area contributed by atoms with Crippen LogP contribution in [0.4, 0.5) is 11.8 Å². The van der Waals surface area contributed by atoms with Crippen LogP contribution in [0.25, 0.3) is 21.1 Å². The number of piperazine rings is 1. The molecule has 2 aliphatic heterocycles. The Labute approximate surface area is 277 Å². The van der Waals surface area contributed by atoms with E-state index in [1.54, 1.807) is 15.6 Å². The molecule has 1 N–H and O–H groups in total. The van der Waals surface area contributed by atoms with Crippen LogP contribution in [0.5, 0.6) is 0 Å². The number of aromatic nitrogens is 3. The molecule has 2 aromatic carbocycles. The molecule has 0 spiro atoms. The summed E-state index contributed by atoms with van der Waals surface area (Å²) in [4.78, 5) is 15.5. The van der Waals surface area contributed by atoms with Crippen LogP contribution in [0.1, 0.15) is 16.0 Å². The summed E-state index contributed by atoms with van der Waals surface area (Å²) in [7, 11) is -3.16. The van der Waals surface area contributed by atoms with Gasteiger partial charge in [0.05, 0.1) is 35.9 Å². The Balaban J connectivity index is 1.13. The smallest absolute Gasteiger partial charge is 0.246 e. The Kier molecular flexibility index (Phi) is 8.95. The third-order valence-electron chi connectivity index (χ3n) is 8.38. The van der Waals surface area contributed by atoms with Gasteiger partial charge in [0.15, 0.2) is 5.82 Å². The minimum atomic E-state index is -3.16. The average molecular weight is 679 g/mol. The van der Waals surface area contributed by atoms with E-state index in [9.17, 15) is 8.42 Å². The van der Waals surface area contributed by atoms with Gasteiger partial charge in [-0.15, -0.1) is 11.3 Å². The number of para-hydroxylation sites is 1. The zero-order valence-electron chi connectivity index (χ0n) is 25.5. The van der Waals surface area contributed by atoms with E-state index in [2.05, 4.69) is 49.3 Å². The molecule has 3 aromatic heterocycles. The molecule has 14 heteroatoms. The number of fused-ring (bicyclic) bond motifs is 2. The molecule has 0 saturated carbocycles. The molecule has 0 unspecified atom stereocenters. The van der Waals surface area contributed by atoms with Crippen LogP contribution in [-0.2, 0) is 27.8 Å². The second kappa shape index (κ2) is 13.3. The summed E-state index contributed by atoms with van der Waals surface area (Å²) in [5.74, 6) is 1.30. The van der Waals surface area contributed by atoms with Crippen molar-refractivity contribution in [1.29, 1.82) is 0 Å². The van der Waals surface area contributed by atoms with Crippen molar-refractivity contribution in [3.63, 3.8) is 0 Å². The molecular weight excluding hydrogens is 644 g/mol. The maximum atomic E-state index is 11.9. The number of halogens is 1. The zero-order valence-corrected chi connectivity index (χ0v) is 27.9. The highest BCUT2D eigenvalue weighted by atomic mass is 35.5. The molecule has 11 nitrogen and oxygen atoms in total. The largest absolute Gasteiger partial charge is 0.378 e. The van der Waals surface area contributed by atoms with Gasteiger partial charge in [-0.3, -0.25) is 4.90 Å². The van der Waals surface area contributed by atoms with Gasteiger partial charge in [0.1, 0.15) is 0 Å². The van der Waals surface area contributed by atoms with Gasteiger partial charge < -0.3 is 14.2 Å². The number of morpholine rings is 1. The minimum Gasteiger partial charge on any atom is -0.378 e. The number of hydrazone groups is 1. The molecular formula is C32H35ClN8O3S2. The fourth-order valence-electron chi connectivity index (χ4n) is 6.00. The van der Waals surface area contributed by atoms with Crippen molar-refractivity contribution in [2.75, 3.05) is 69.1 Å². The van der Waals surface area contributed by atoms with Crippen molar-refractivity contribution in [2.24, 2.45) is 5.10 Å². The SMILES string of the molecule is CS(=O)(=O)N1CCN(Cc2cc3nc(N/N=C/c4cn(Cc5ccccc5Cl)c5ccccc45)nc(N4CCOCC4)c3s2)CC1. The molecule has 0 radical (unpaired) electrons. The predicted molar refractivity (Wildman–Crippen MR) is 186 cm³/mol. The highest BCUT2D eigenvalue weighted by Crippen LogP contribution is 2.34. The van der Waals surface area contributed by atoms with E-state index in [1.165, 1.54) is 11.1 Å². The predicted octanol–water partition coefficient (Wildman–Crippen LogP) is 4.71. The van der Waals surface area contributed by atoms with Crippen molar-refractivity contribution in [2.45, 2.75) is 13.1 Å². The van der Waals surface area contributed by atoms with Crippen LogP contribution in [0, 0.1) is 0 Å². The van der Waals surface area contributed by atoms with Crippen LogP contribution >= 0.6 is 22.9 Å². The van der Waals surface area contributed by atoms with E-state index >= 15 is 0 Å². The first-order chi connectivity index (χ1) is 22.3. The monoisotopic (exact) mass is 678 g/mol. The van der Waals surface area contributed by atoms with Gasteiger partial charge in [-0.2, -0.15) is 14.4 Å². The van der Waals surface area contributed by atoms with Crippen molar-refractivity contribution in [1.82, 2.24) is 23.7 Å². The fraction of sp³-hybridized carbons (Fsp3) is 0.344. The maximum absolute atomic E-state index is 11.9. The number of thiophene rings is 1. The standard InChI is InChI=1S/C32H35ClN8O3S2/c1-46(42,43)41-12-10-38(11-13-41)22-25-18-28-30(45-25)31(39-14-16-44-17-15-39)36-32(35-28)37-34-19-24-21-40(29-9-5-3-7-26(24)29)20-23-6-2-4-8-27(23)33/h2-9,18-19,21H,10-17,20,22H2,1H3,(H,35,36,37)/b34-19+. The number of anilines is 2. The van der Waals surface area contributed by atoms with E-state index in [0.717, 1.165) is 62.7 Å². The van der Waals surface area contributed by atoms with E-state index < -0.39 is 10.0 Å². The van der Waals surface area contributed by atoms with Crippen LogP contribution in [0.2, 0.25) is 5.02 Å². The Morgan fingerprint density at radius 2 is 1.76 bits per heavy atom. The minimum absolute atomic E-state index is 0.427. The Bertz CT molecular complexity index is 2000. The average Bonchev–Trinajstić information content (AvgIpc) is 3.62. The first-order valence-corrected chi connectivity index (χ1v) is 18.3. The fourth-order valence-corrected chi connectivity index (χ4v) is 8.18. The van der Waals surface area contributed by atoms with E-state index in [4.69, 9.17) is 26.3 Å². The lowest BCUT2D eigenvalue weighted by Crippen LogP contribution is -2.47. The second-order valence-electron chi connectivity index (χ2n) is 11.5. The second-order valence-corrected chi connectivity index (χ2v) is 15.1. The number of ether oxygens (including phenoxy) is 1. The van der Waals surface area contributed by atoms with E-state index in [-0.39, 0.29) is 0 Å². The van der Waals surface area contributed by atoms with Crippen molar-refractivity contribution >= 4 is 72.1 Å². The Hall–Kier alpha value is -3.59. The highest BCUT2D eigenvalue weighted by molar-refractivity contribution is 7.88. The quantitative estimate of drug-likeness (QED) is 0.177. The van der Waals surface area contributed by atoms with Crippen LogP contribution < -0.4 is 10.3 Å². The topological polar surface area (TPSA) is 108 Å². The molecule has 2 aliphatic rings. The summed E-state index contributed by atoms with van der Waals surface area (Å²) in [6.45, 7) is 6.58. The highest BCUT2D eigenvalue weighted by Gasteiger charge is 2.25. The first kappa shape index (κ1) is 31.0. The summed E-state index contributed by atoms with van der Waals surface area (Å²) in [5.41, 5.74) is 7.08. The van der Waals surface area contributed by atoms with Gasteiger partial charge in [-0.05, 0) is 23.8 Å². The first-order valence-electron chi connectivity index (χ1n) is 15.2. The summed E-state index contributed by atoms with van der Waals surface area (Å²) < 4.78 is 34.3. The molecule has 5 heterocycles. The lowest BCUT2D eigenvalue weighted by molar-refractivity contribution is 0.122. The molecule has 7 rings (SSSR count).